The maximum Gasteiger partial charge on any atom is 0.269 e. The minimum absolute atomic E-state index is 0.238. The number of thioether (sulfide) groups is 1. The average Bonchev–Trinajstić information content (AvgIpc) is 2.99. The van der Waals surface area contributed by atoms with Gasteiger partial charge in [0.25, 0.3) is 5.91 Å². The summed E-state index contributed by atoms with van der Waals surface area (Å²) in [6.07, 6.45) is 3.88. The van der Waals surface area contributed by atoms with Gasteiger partial charge in [0, 0.05) is 12.0 Å². The third kappa shape index (κ3) is 4.60. The first kappa shape index (κ1) is 15.0. The molecule has 0 spiro atoms. The summed E-state index contributed by atoms with van der Waals surface area (Å²) in [5.41, 5.74) is 6.20. The first-order valence-corrected chi connectivity index (χ1v) is 7.59. The van der Waals surface area contributed by atoms with Gasteiger partial charge in [-0.2, -0.15) is 16.9 Å². The second-order valence-electron chi connectivity index (χ2n) is 4.24. The summed E-state index contributed by atoms with van der Waals surface area (Å²) in [5.74, 6) is 0.473. The molecule has 1 aromatic carbocycles. The van der Waals surface area contributed by atoms with Crippen molar-refractivity contribution in [1.82, 2.24) is 26.0 Å². The Labute approximate surface area is 125 Å². The third-order valence-electron chi connectivity index (χ3n) is 2.64. The molecule has 2 rings (SSSR count). The molecule has 0 unspecified atom stereocenters. The minimum atomic E-state index is -0.351. The van der Waals surface area contributed by atoms with Crippen molar-refractivity contribution in [2.24, 2.45) is 0 Å². The van der Waals surface area contributed by atoms with Gasteiger partial charge in [0.15, 0.2) is 0 Å². The molecular formula is C13H15N5O2S. The third-order valence-corrected chi connectivity index (χ3v) is 3.19. The number of carbonyl (C=O) groups is 2. The number of rotatable bonds is 5. The Morgan fingerprint density at radius 1 is 1.24 bits per heavy atom. The van der Waals surface area contributed by atoms with E-state index in [-0.39, 0.29) is 11.8 Å². The standard InChI is InChI=1S/C13H15N5O2S/c1-21-7-12(19)17-18-13(20)10-4-2-9(3-5-10)6-11-14-8-15-16-11/h2-5,8H,6-7H2,1H3,(H,17,19)(H,18,20)(H,14,15,16). The number of benzene rings is 1. The number of hydrogen-bond acceptors (Lipinski definition) is 5. The van der Waals surface area contributed by atoms with Crippen LogP contribution in [0.5, 0.6) is 0 Å². The number of nitrogens with zero attached hydrogens (tertiary/aromatic N) is 2. The molecule has 0 atom stereocenters. The number of hydrazine groups is 1. The highest BCUT2D eigenvalue weighted by Gasteiger charge is 2.07. The van der Waals surface area contributed by atoms with Crippen molar-refractivity contribution in [3.63, 3.8) is 0 Å². The summed E-state index contributed by atoms with van der Waals surface area (Å²) >= 11 is 1.38. The summed E-state index contributed by atoms with van der Waals surface area (Å²) in [6.45, 7) is 0. The van der Waals surface area contributed by atoms with Gasteiger partial charge in [0.2, 0.25) is 5.91 Å². The molecule has 110 valence electrons. The highest BCUT2D eigenvalue weighted by Crippen LogP contribution is 2.07. The van der Waals surface area contributed by atoms with E-state index in [2.05, 4.69) is 26.0 Å². The van der Waals surface area contributed by atoms with Crippen molar-refractivity contribution < 1.29 is 9.59 Å². The molecular weight excluding hydrogens is 290 g/mol. The lowest BCUT2D eigenvalue weighted by Crippen LogP contribution is -2.42. The molecule has 0 bridgehead atoms. The number of carbonyl (C=O) groups excluding carboxylic acids is 2. The van der Waals surface area contributed by atoms with Crippen LogP contribution in [0.4, 0.5) is 0 Å². The van der Waals surface area contributed by atoms with Crippen LogP contribution in [0.2, 0.25) is 0 Å². The van der Waals surface area contributed by atoms with E-state index in [1.54, 1.807) is 12.1 Å². The Hall–Kier alpha value is -2.35. The fourth-order valence-corrected chi connectivity index (χ4v) is 1.98. The van der Waals surface area contributed by atoms with Crippen LogP contribution in [-0.4, -0.2) is 39.0 Å². The molecule has 8 heteroatoms. The van der Waals surface area contributed by atoms with E-state index >= 15 is 0 Å². The van der Waals surface area contributed by atoms with Gasteiger partial charge in [-0.3, -0.25) is 25.5 Å². The molecule has 2 aromatic rings. The predicted molar refractivity (Wildman–Crippen MR) is 79.6 cm³/mol. The fourth-order valence-electron chi connectivity index (χ4n) is 1.65. The highest BCUT2D eigenvalue weighted by molar-refractivity contribution is 7.99. The maximum atomic E-state index is 11.8. The summed E-state index contributed by atoms with van der Waals surface area (Å²) < 4.78 is 0. The second-order valence-corrected chi connectivity index (χ2v) is 5.11. The minimum Gasteiger partial charge on any atom is -0.272 e. The Morgan fingerprint density at radius 3 is 2.62 bits per heavy atom. The SMILES string of the molecule is CSCC(=O)NNC(=O)c1ccc(Cc2ncn[nH]2)cc1. The van der Waals surface area contributed by atoms with Gasteiger partial charge in [0.05, 0.1) is 5.75 Å². The number of aromatic nitrogens is 3. The first-order chi connectivity index (χ1) is 10.2. The molecule has 3 N–H and O–H groups in total. The van der Waals surface area contributed by atoms with Crippen molar-refractivity contribution in [1.29, 1.82) is 0 Å². The normalized spacial score (nSPS) is 10.1. The van der Waals surface area contributed by atoms with Crippen LogP contribution in [-0.2, 0) is 11.2 Å². The maximum absolute atomic E-state index is 11.8. The van der Waals surface area contributed by atoms with E-state index < -0.39 is 0 Å². The van der Waals surface area contributed by atoms with Crippen LogP contribution in [0.1, 0.15) is 21.7 Å². The number of aromatic amines is 1. The van der Waals surface area contributed by atoms with Crippen LogP contribution >= 0.6 is 11.8 Å². The van der Waals surface area contributed by atoms with Gasteiger partial charge in [-0.15, -0.1) is 0 Å². The number of amides is 2. The molecule has 0 saturated heterocycles. The zero-order chi connectivity index (χ0) is 15.1. The molecule has 7 nitrogen and oxygen atoms in total. The quantitative estimate of drug-likeness (QED) is 0.699. The predicted octanol–water partition coefficient (Wildman–Crippen LogP) is 0.519. The smallest absolute Gasteiger partial charge is 0.269 e. The molecule has 2 amide bonds. The summed E-state index contributed by atoms with van der Waals surface area (Å²) in [4.78, 5) is 27.1. The Kier molecular flexibility index (Phi) is 5.33. The molecule has 1 heterocycles. The van der Waals surface area contributed by atoms with E-state index in [1.807, 2.05) is 18.4 Å². The van der Waals surface area contributed by atoms with Crippen molar-refractivity contribution >= 4 is 23.6 Å². The Morgan fingerprint density at radius 2 is 2.00 bits per heavy atom. The fraction of sp³-hybridized carbons (Fsp3) is 0.231. The van der Waals surface area contributed by atoms with Crippen molar-refractivity contribution in [3.05, 3.63) is 47.5 Å². The Bertz CT molecular complexity index is 598. The van der Waals surface area contributed by atoms with E-state index in [0.29, 0.717) is 17.7 Å². The molecule has 0 aliphatic heterocycles. The van der Waals surface area contributed by atoms with Crippen LogP contribution in [0.3, 0.4) is 0 Å². The first-order valence-electron chi connectivity index (χ1n) is 6.20. The molecule has 0 aliphatic rings. The number of nitrogens with one attached hydrogen (secondary N) is 3. The number of hydrogen-bond donors (Lipinski definition) is 3. The van der Waals surface area contributed by atoms with Gasteiger partial charge < -0.3 is 0 Å². The molecule has 0 aliphatic carbocycles. The monoisotopic (exact) mass is 305 g/mol. The highest BCUT2D eigenvalue weighted by atomic mass is 32.2. The topological polar surface area (TPSA) is 99.8 Å². The molecule has 0 saturated carbocycles. The zero-order valence-corrected chi connectivity index (χ0v) is 12.2. The largest absolute Gasteiger partial charge is 0.272 e. The summed E-state index contributed by atoms with van der Waals surface area (Å²) in [5, 5.41) is 6.56. The van der Waals surface area contributed by atoms with Crippen LogP contribution in [0, 0.1) is 0 Å². The summed E-state index contributed by atoms with van der Waals surface area (Å²) in [6, 6.07) is 7.06. The zero-order valence-electron chi connectivity index (χ0n) is 11.4. The van der Waals surface area contributed by atoms with Crippen LogP contribution < -0.4 is 10.9 Å². The van der Waals surface area contributed by atoms with Crippen LogP contribution in [0.25, 0.3) is 0 Å². The lowest BCUT2D eigenvalue weighted by atomic mass is 10.1. The summed E-state index contributed by atoms with van der Waals surface area (Å²) in [7, 11) is 0. The van der Waals surface area contributed by atoms with Gasteiger partial charge in [-0.05, 0) is 24.0 Å². The molecule has 21 heavy (non-hydrogen) atoms. The molecule has 0 fully saturated rings. The van der Waals surface area contributed by atoms with E-state index in [4.69, 9.17) is 0 Å². The van der Waals surface area contributed by atoms with E-state index in [0.717, 1.165) is 11.4 Å². The van der Waals surface area contributed by atoms with Crippen LogP contribution in [0.15, 0.2) is 30.6 Å². The van der Waals surface area contributed by atoms with Gasteiger partial charge in [0.1, 0.15) is 12.2 Å². The van der Waals surface area contributed by atoms with Gasteiger partial charge in [-0.1, -0.05) is 12.1 Å². The van der Waals surface area contributed by atoms with Gasteiger partial charge in [-0.25, -0.2) is 4.98 Å². The number of H-pyrrole nitrogens is 1. The lowest BCUT2D eigenvalue weighted by Gasteiger charge is -2.07. The molecule has 0 radical (unpaired) electrons. The van der Waals surface area contributed by atoms with Crippen molar-refractivity contribution in [3.8, 4) is 0 Å². The van der Waals surface area contributed by atoms with E-state index in [9.17, 15) is 9.59 Å². The lowest BCUT2D eigenvalue weighted by molar-refractivity contribution is -0.119. The Balaban J connectivity index is 1.89. The van der Waals surface area contributed by atoms with E-state index in [1.165, 1.54) is 18.1 Å². The second kappa shape index (κ2) is 7.44. The van der Waals surface area contributed by atoms with Crippen molar-refractivity contribution in [2.45, 2.75) is 6.42 Å². The van der Waals surface area contributed by atoms with Gasteiger partial charge >= 0.3 is 0 Å². The molecule has 1 aromatic heterocycles. The van der Waals surface area contributed by atoms with Crippen molar-refractivity contribution in [2.75, 3.05) is 12.0 Å². The average molecular weight is 305 g/mol.